The van der Waals surface area contributed by atoms with Crippen LogP contribution >= 0.6 is 0 Å². The zero-order valence-corrected chi connectivity index (χ0v) is 22.8. The Bertz CT molecular complexity index is 1520. The van der Waals surface area contributed by atoms with Crippen LogP contribution in [-0.2, 0) is 13.6 Å². The van der Waals surface area contributed by atoms with Crippen LogP contribution in [0.3, 0.4) is 0 Å². The van der Waals surface area contributed by atoms with Crippen LogP contribution in [0.25, 0.3) is 5.69 Å². The van der Waals surface area contributed by atoms with Gasteiger partial charge in [0.05, 0.1) is 23.3 Å². The summed E-state index contributed by atoms with van der Waals surface area (Å²) in [7, 11) is 1.84. The first-order valence-electron chi connectivity index (χ1n) is 13.5. The summed E-state index contributed by atoms with van der Waals surface area (Å²) in [6.07, 6.45) is 5.16. The lowest BCUT2D eigenvalue weighted by molar-refractivity contribution is 0.0545. The average molecular weight is 527 g/mol. The van der Waals surface area contributed by atoms with Crippen LogP contribution < -0.4 is 4.74 Å². The number of hydrogen-bond acceptors (Lipinski definition) is 6. The quantitative estimate of drug-likeness (QED) is 0.358. The number of carboxylic acid groups (broad SMARTS) is 1. The maximum Gasteiger partial charge on any atom is 0.339 e. The minimum Gasteiger partial charge on any atom is -0.486 e. The molecule has 3 heterocycles. The van der Waals surface area contributed by atoms with Crippen molar-refractivity contribution in [2.75, 3.05) is 6.54 Å². The monoisotopic (exact) mass is 526 g/mol. The molecular weight excluding hydrogens is 492 g/mol. The Hall–Kier alpha value is -3.98. The second kappa shape index (κ2) is 9.64. The number of aromatic carboxylic acids is 1. The highest BCUT2D eigenvalue weighted by atomic mass is 16.5. The van der Waals surface area contributed by atoms with Crippen LogP contribution in [0.1, 0.15) is 84.4 Å². The van der Waals surface area contributed by atoms with Crippen LogP contribution in [0.15, 0.2) is 60.9 Å². The van der Waals surface area contributed by atoms with E-state index in [2.05, 4.69) is 71.4 Å². The fourth-order valence-corrected chi connectivity index (χ4v) is 6.08. The molecule has 1 aliphatic heterocycles. The van der Waals surface area contributed by atoms with Gasteiger partial charge in [0.1, 0.15) is 16.9 Å². The SMILES string of the molecule is CCC1c2ccccc2OC(C)(C)CN1Cc1cccc(-n2ncc(C(=O)O)c2[C@@H]2C[C@H]2c2cn(C)nn2)c1. The molecule has 9 heteroatoms. The van der Waals surface area contributed by atoms with Gasteiger partial charge in [-0.05, 0) is 50.5 Å². The third-order valence-corrected chi connectivity index (χ3v) is 7.80. The molecule has 1 N–H and O–H groups in total. The van der Waals surface area contributed by atoms with Crippen molar-refractivity contribution in [1.29, 1.82) is 0 Å². The van der Waals surface area contributed by atoms with E-state index in [0.717, 1.165) is 54.3 Å². The van der Waals surface area contributed by atoms with Gasteiger partial charge < -0.3 is 9.84 Å². The summed E-state index contributed by atoms with van der Waals surface area (Å²) in [5.41, 5.74) is 4.72. The Morgan fingerprint density at radius 2 is 1.97 bits per heavy atom. The Kier molecular flexibility index (Phi) is 6.26. The van der Waals surface area contributed by atoms with Gasteiger partial charge in [-0.15, -0.1) is 5.10 Å². The lowest BCUT2D eigenvalue weighted by Gasteiger charge is -2.33. The summed E-state index contributed by atoms with van der Waals surface area (Å²) >= 11 is 0. The molecule has 1 aliphatic carbocycles. The van der Waals surface area contributed by atoms with E-state index in [1.165, 1.54) is 11.8 Å². The highest BCUT2D eigenvalue weighted by molar-refractivity contribution is 5.89. The Labute approximate surface area is 228 Å². The average Bonchev–Trinajstić information content (AvgIpc) is 3.37. The number of carbonyl (C=O) groups is 1. The van der Waals surface area contributed by atoms with Crippen molar-refractivity contribution in [3.8, 4) is 11.4 Å². The van der Waals surface area contributed by atoms with Gasteiger partial charge in [0, 0.05) is 49.8 Å². The van der Waals surface area contributed by atoms with Gasteiger partial charge in [-0.2, -0.15) is 5.10 Å². The third kappa shape index (κ3) is 4.83. The Morgan fingerprint density at radius 1 is 1.15 bits per heavy atom. The fraction of sp³-hybridized carbons (Fsp3) is 0.400. The standard InChI is InChI=1S/C30H34N6O3/c1-5-26-21-11-6-7-12-27(21)39-30(2,3)18-35(26)16-19-9-8-10-20(13-19)36-28(24(15-31-36)29(37)38)23-14-22(23)25-17-34(4)33-32-25/h6-13,15,17,22-23,26H,5,14,16,18H2,1-4H3,(H,37,38)/t22-,23-,26?/m1/s1. The van der Waals surface area contributed by atoms with E-state index in [4.69, 9.17) is 4.74 Å². The van der Waals surface area contributed by atoms with Crippen molar-refractivity contribution in [2.45, 2.75) is 63.6 Å². The number of rotatable bonds is 7. The summed E-state index contributed by atoms with van der Waals surface area (Å²) in [5.74, 6) is 0.159. The van der Waals surface area contributed by atoms with Gasteiger partial charge in [-0.1, -0.05) is 42.5 Å². The van der Waals surface area contributed by atoms with Crippen molar-refractivity contribution < 1.29 is 14.6 Å². The molecule has 0 radical (unpaired) electrons. The van der Waals surface area contributed by atoms with E-state index in [1.54, 1.807) is 9.36 Å². The predicted octanol–water partition coefficient (Wildman–Crippen LogP) is 5.09. The minimum absolute atomic E-state index is 0.0310. The molecule has 1 unspecified atom stereocenters. The zero-order valence-electron chi connectivity index (χ0n) is 22.8. The van der Waals surface area contributed by atoms with E-state index >= 15 is 0 Å². The van der Waals surface area contributed by atoms with Gasteiger partial charge in [-0.25, -0.2) is 9.48 Å². The van der Waals surface area contributed by atoms with Crippen molar-refractivity contribution in [3.05, 3.63) is 89.0 Å². The second-order valence-corrected chi connectivity index (χ2v) is 11.3. The summed E-state index contributed by atoms with van der Waals surface area (Å²) in [6, 6.07) is 16.8. The smallest absolute Gasteiger partial charge is 0.339 e. The molecule has 1 saturated carbocycles. The van der Waals surface area contributed by atoms with Gasteiger partial charge in [0.25, 0.3) is 0 Å². The van der Waals surface area contributed by atoms with Crippen LogP contribution in [0, 0.1) is 0 Å². The maximum atomic E-state index is 12.1. The Balaban J connectivity index is 1.32. The molecule has 202 valence electrons. The Morgan fingerprint density at radius 3 is 2.72 bits per heavy atom. The molecule has 6 rings (SSSR count). The van der Waals surface area contributed by atoms with Gasteiger partial charge in [0.15, 0.2) is 0 Å². The molecule has 0 bridgehead atoms. The van der Waals surface area contributed by atoms with Crippen molar-refractivity contribution >= 4 is 5.97 Å². The first kappa shape index (κ1) is 25.3. The molecule has 9 nitrogen and oxygen atoms in total. The van der Waals surface area contributed by atoms with Crippen molar-refractivity contribution in [1.82, 2.24) is 29.7 Å². The van der Waals surface area contributed by atoms with Crippen LogP contribution in [0.5, 0.6) is 5.75 Å². The predicted molar refractivity (Wildman–Crippen MR) is 146 cm³/mol. The molecule has 0 spiro atoms. The van der Waals surface area contributed by atoms with E-state index in [0.29, 0.717) is 0 Å². The number of para-hydroxylation sites is 1. The van der Waals surface area contributed by atoms with Crippen molar-refractivity contribution in [3.63, 3.8) is 0 Å². The molecule has 0 amide bonds. The number of aromatic nitrogens is 5. The third-order valence-electron chi connectivity index (χ3n) is 7.80. The maximum absolute atomic E-state index is 12.1. The number of aryl methyl sites for hydroxylation is 1. The fourth-order valence-electron chi connectivity index (χ4n) is 6.08. The molecular formula is C30H34N6O3. The molecule has 4 aromatic rings. The summed E-state index contributed by atoms with van der Waals surface area (Å²) in [6.45, 7) is 8.01. The molecule has 3 atom stereocenters. The number of nitrogens with zero attached hydrogens (tertiary/aromatic N) is 6. The van der Waals surface area contributed by atoms with Crippen LogP contribution in [-0.4, -0.2) is 52.9 Å². The number of hydrogen-bond donors (Lipinski definition) is 1. The summed E-state index contributed by atoms with van der Waals surface area (Å²) < 4.78 is 9.92. The lowest BCUT2D eigenvalue weighted by atomic mass is 10.00. The largest absolute Gasteiger partial charge is 0.486 e. The minimum atomic E-state index is -0.964. The zero-order chi connectivity index (χ0) is 27.3. The first-order chi connectivity index (χ1) is 18.7. The molecule has 2 aromatic heterocycles. The van der Waals surface area contributed by atoms with Crippen LogP contribution in [0.4, 0.5) is 0 Å². The number of ether oxygens (including phenoxy) is 1. The van der Waals surface area contributed by atoms with E-state index in [1.807, 2.05) is 31.4 Å². The summed E-state index contributed by atoms with van der Waals surface area (Å²) in [4.78, 5) is 14.6. The van der Waals surface area contributed by atoms with Gasteiger partial charge in [0.2, 0.25) is 0 Å². The van der Waals surface area contributed by atoms with E-state index in [9.17, 15) is 9.90 Å². The van der Waals surface area contributed by atoms with E-state index < -0.39 is 5.97 Å². The normalized spacial score (nSPS) is 22.1. The van der Waals surface area contributed by atoms with Crippen LogP contribution in [0.2, 0.25) is 0 Å². The second-order valence-electron chi connectivity index (χ2n) is 11.3. The number of benzene rings is 2. The van der Waals surface area contributed by atoms with Gasteiger partial charge in [-0.3, -0.25) is 9.58 Å². The highest BCUT2D eigenvalue weighted by Crippen LogP contribution is 2.55. The van der Waals surface area contributed by atoms with Crippen molar-refractivity contribution in [2.24, 2.45) is 7.05 Å². The highest BCUT2D eigenvalue weighted by Gasteiger charge is 2.46. The molecule has 2 aromatic carbocycles. The number of carboxylic acids is 1. The molecule has 39 heavy (non-hydrogen) atoms. The number of fused-ring (bicyclic) bond motifs is 1. The molecule has 2 aliphatic rings. The molecule has 0 saturated heterocycles. The first-order valence-corrected chi connectivity index (χ1v) is 13.5. The van der Waals surface area contributed by atoms with Gasteiger partial charge >= 0.3 is 5.97 Å². The molecule has 1 fully saturated rings. The topological polar surface area (TPSA) is 98.3 Å². The van der Waals surface area contributed by atoms with E-state index in [-0.39, 0.29) is 29.0 Å². The lowest BCUT2D eigenvalue weighted by Crippen LogP contribution is -2.41. The summed E-state index contributed by atoms with van der Waals surface area (Å²) in [5, 5.41) is 22.8.